The zero-order chi connectivity index (χ0) is 35.1. The van der Waals surface area contributed by atoms with Crippen LogP contribution in [0, 0.1) is 17.2 Å². The summed E-state index contributed by atoms with van der Waals surface area (Å²) in [6, 6.07) is 12.3. The van der Waals surface area contributed by atoms with Crippen molar-refractivity contribution in [2.75, 3.05) is 6.54 Å². The highest BCUT2D eigenvalue weighted by atomic mass is 16.7. The molecular formula is C37H42N4O7. The van der Waals surface area contributed by atoms with Gasteiger partial charge < -0.3 is 31.0 Å². The number of hydrogen-bond donors (Lipinski definition) is 4. The molecule has 2 atom stereocenters. The molecule has 1 aliphatic rings. The van der Waals surface area contributed by atoms with Crippen molar-refractivity contribution in [2.45, 2.75) is 65.9 Å². The number of aromatic nitrogens is 1. The van der Waals surface area contributed by atoms with Crippen LogP contribution in [0.2, 0.25) is 0 Å². The predicted octanol–water partition coefficient (Wildman–Crippen LogP) is 4.87. The molecule has 11 nitrogen and oxygen atoms in total. The van der Waals surface area contributed by atoms with Crippen LogP contribution < -0.4 is 11.1 Å². The van der Waals surface area contributed by atoms with Crippen LogP contribution in [0.1, 0.15) is 94.1 Å². The number of nitrogens with one attached hydrogen (secondary N) is 2. The second kappa shape index (κ2) is 15.7. The largest absolute Gasteiger partial charge is 0.424 e. The van der Waals surface area contributed by atoms with E-state index in [0.717, 1.165) is 18.4 Å². The normalized spacial score (nSPS) is 13.7. The smallest absolute Gasteiger partial charge is 0.360 e. The van der Waals surface area contributed by atoms with Crippen molar-refractivity contribution in [3.8, 4) is 11.1 Å². The first-order valence-corrected chi connectivity index (χ1v) is 15.9. The first-order valence-electron chi connectivity index (χ1n) is 15.9. The van der Waals surface area contributed by atoms with Crippen LogP contribution in [-0.4, -0.2) is 58.3 Å². The SMILES string of the molecule is C=Cc1cc(C(=O)Cc2ccc(C(C)=N)cc2)c(-c2ccc(C(=O)NCC3CC3)nc2C(=O)OC(C)OC(=O)[C@@H](N)C(C)C)cc1CO. The molecule has 1 amide bonds. The molecule has 0 spiro atoms. The Hall–Kier alpha value is -5.00. The predicted molar refractivity (Wildman–Crippen MR) is 182 cm³/mol. The van der Waals surface area contributed by atoms with Gasteiger partial charge in [0.15, 0.2) is 11.5 Å². The van der Waals surface area contributed by atoms with Gasteiger partial charge in [0.25, 0.3) is 5.91 Å². The number of aliphatic hydroxyl groups is 1. The zero-order valence-electron chi connectivity index (χ0n) is 27.7. The molecule has 2 aromatic carbocycles. The van der Waals surface area contributed by atoms with Gasteiger partial charge in [-0.05, 0) is 83.7 Å². The van der Waals surface area contributed by atoms with E-state index in [1.807, 2.05) is 0 Å². The van der Waals surface area contributed by atoms with Crippen molar-refractivity contribution < 1.29 is 33.8 Å². The number of carbonyl (C=O) groups excluding carboxylic acids is 4. The number of nitrogens with two attached hydrogens (primary N) is 1. The fraction of sp³-hybridized carbons (Fsp3) is 0.351. The van der Waals surface area contributed by atoms with Crippen molar-refractivity contribution in [1.29, 1.82) is 5.41 Å². The Balaban J connectivity index is 1.77. The number of amides is 1. The molecule has 4 rings (SSSR count). The Morgan fingerprint density at radius 1 is 1.06 bits per heavy atom. The third-order valence-corrected chi connectivity index (χ3v) is 8.13. The molecule has 1 aliphatic carbocycles. The van der Waals surface area contributed by atoms with Crippen LogP contribution in [0.4, 0.5) is 0 Å². The minimum atomic E-state index is -1.35. The number of carbonyl (C=O) groups is 4. The fourth-order valence-corrected chi connectivity index (χ4v) is 4.95. The topological polar surface area (TPSA) is 182 Å². The molecule has 3 aromatic rings. The lowest BCUT2D eigenvalue weighted by Gasteiger charge is -2.20. The summed E-state index contributed by atoms with van der Waals surface area (Å²) in [6.07, 6.45) is 2.22. The van der Waals surface area contributed by atoms with E-state index in [9.17, 15) is 24.3 Å². The Labute approximate surface area is 280 Å². The molecule has 0 radical (unpaired) electrons. The minimum Gasteiger partial charge on any atom is -0.424 e. The number of rotatable bonds is 15. The zero-order valence-corrected chi connectivity index (χ0v) is 27.7. The highest BCUT2D eigenvalue weighted by molar-refractivity contribution is 6.07. The van der Waals surface area contributed by atoms with Gasteiger partial charge in [0.2, 0.25) is 6.29 Å². The molecular weight excluding hydrogens is 612 g/mol. The van der Waals surface area contributed by atoms with E-state index >= 15 is 0 Å². The molecule has 5 N–H and O–H groups in total. The number of benzene rings is 2. The molecule has 0 saturated heterocycles. The molecule has 1 unspecified atom stereocenters. The Morgan fingerprint density at radius 3 is 2.33 bits per heavy atom. The summed E-state index contributed by atoms with van der Waals surface area (Å²) in [5.41, 5.74) is 9.02. The van der Waals surface area contributed by atoms with Crippen LogP contribution in [0.3, 0.4) is 0 Å². The first-order chi connectivity index (χ1) is 22.8. The average Bonchev–Trinajstić information content (AvgIpc) is 3.90. The number of ketones is 1. The summed E-state index contributed by atoms with van der Waals surface area (Å²) in [6.45, 7) is 10.5. The summed E-state index contributed by atoms with van der Waals surface area (Å²) < 4.78 is 10.7. The van der Waals surface area contributed by atoms with Crippen molar-refractivity contribution in [2.24, 2.45) is 17.6 Å². The number of Topliss-reactive ketones (excluding diaryl/α,β-unsaturated/α-hetero) is 1. The van der Waals surface area contributed by atoms with Gasteiger partial charge in [0, 0.05) is 36.7 Å². The molecule has 252 valence electrons. The maximum absolute atomic E-state index is 13.9. The Bertz CT molecular complexity index is 1730. The lowest BCUT2D eigenvalue weighted by Crippen LogP contribution is -2.39. The number of pyridine rings is 1. The number of ether oxygens (including phenoxy) is 2. The summed E-state index contributed by atoms with van der Waals surface area (Å²) in [7, 11) is 0. The van der Waals surface area contributed by atoms with E-state index in [0.29, 0.717) is 34.9 Å². The van der Waals surface area contributed by atoms with Crippen LogP contribution in [0.25, 0.3) is 17.2 Å². The number of esters is 2. The summed E-state index contributed by atoms with van der Waals surface area (Å²) in [4.78, 5) is 57.5. The number of aliphatic hydroxyl groups excluding tert-OH is 1. The van der Waals surface area contributed by atoms with Gasteiger partial charge in [0.1, 0.15) is 11.7 Å². The lowest BCUT2D eigenvalue weighted by molar-refractivity contribution is -0.168. The third-order valence-electron chi connectivity index (χ3n) is 8.13. The summed E-state index contributed by atoms with van der Waals surface area (Å²) >= 11 is 0. The average molecular weight is 655 g/mol. The molecule has 1 saturated carbocycles. The second-order valence-electron chi connectivity index (χ2n) is 12.3. The van der Waals surface area contributed by atoms with E-state index in [2.05, 4.69) is 16.9 Å². The van der Waals surface area contributed by atoms with Gasteiger partial charge >= 0.3 is 11.9 Å². The summed E-state index contributed by atoms with van der Waals surface area (Å²) in [5.74, 6) is -2.35. The molecule has 1 aromatic heterocycles. The van der Waals surface area contributed by atoms with Crippen LogP contribution in [-0.2, 0) is 27.3 Å². The van der Waals surface area contributed by atoms with E-state index in [1.54, 1.807) is 57.2 Å². The Kier molecular flexibility index (Phi) is 11.7. The molecule has 1 fully saturated rings. The van der Waals surface area contributed by atoms with Crippen LogP contribution in [0.15, 0.2) is 55.1 Å². The molecule has 1 heterocycles. The molecule has 0 aliphatic heterocycles. The number of hydrogen-bond acceptors (Lipinski definition) is 10. The van der Waals surface area contributed by atoms with Crippen molar-refractivity contribution in [3.63, 3.8) is 0 Å². The van der Waals surface area contributed by atoms with Gasteiger partial charge in [-0.2, -0.15) is 0 Å². The fourth-order valence-electron chi connectivity index (χ4n) is 4.95. The lowest BCUT2D eigenvalue weighted by atomic mass is 9.89. The van der Waals surface area contributed by atoms with Gasteiger partial charge in [-0.3, -0.25) is 14.4 Å². The first kappa shape index (κ1) is 35.8. The quantitative estimate of drug-likeness (QED) is 0.0769. The molecule has 11 heteroatoms. The van der Waals surface area contributed by atoms with E-state index in [-0.39, 0.29) is 52.8 Å². The summed E-state index contributed by atoms with van der Waals surface area (Å²) in [5, 5.41) is 20.9. The molecule has 0 bridgehead atoms. The van der Waals surface area contributed by atoms with Crippen LogP contribution >= 0.6 is 0 Å². The van der Waals surface area contributed by atoms with Crippen molar-refractivity contribution >= 4 is 35.4 Å². The second-order valence-corrected chi connectivity index (χ2v) is 12.3. The van der Waals surface area contributed by atoms with Crippen LogP contribution in [0.5, 0.6) is 0 Å². The van der Waals surface area contributed by atoms with E-state index in [4.69, 9.17) is 20.6 Å². The van der Waals surface area contributed by atoms with Gasteiger partial charge in [-0.15, -0.1) is 0 Å². The van der Waals surface area contributed by atoms with Gasteiger partial charge in [-0.25, -0.2) is 9.78 Å². The third kappa shape index (κ3) is 8.87. The van der Waals surface area contributed by atoms with E-state index < -0.39 is 30.2 Å². The maximum Gasteiger partial charge on any atom is 0.360 e. The molecule has 48 heavy (non-hydrogen) atoms. The Morgan fingerprint density at radius 2 is 1.75 bits per heavy atom. The minimum absolute atomic E-state index is 0.00264. The van der Waals surface area contributed by atoms with Gasteiger partial charge in [-0.1, -0.05) is 50.8 Å². The monoisotopic (exact) mass is 654 g/mol. The maximum atomic E-state index is 13.9. The van der Waals surface area contributed by atoms with Gasteiger partial charge in [0.05, 0.1) is 6.61 Å². The van der Waals surface area contributed by atoms with Crippen molar-refractivity contribution in [1.82, 2.24) is 10.3 Å². The highest BCUT2D eigenvalue weighted by Crippen LogP contribution is 2.32. The van der Waals surface area contributed by atoms with Crippen molar-refractivity contribution in [3.05, 3.63) is 94.3 Å². The highest BCUT2D eigenvalue weighted by Gasteiger charge is 2.28. The number of nitrogens with zero attached hydrogens (tertiary/aromatic N) is 1. The van der Waals surface area contributed by atoms with E-state index in [1.165, 1.54) is 25.1 Å². The standard InChI is InChI=1S/C37H42N4O7/c1-6-25-16-30(32(43)15-23-9-11-26(12-10-23)21(4)38)29(17-27(25)19-42)28-13-14-31(35(44)40-18-24-7-8-24)41-34(28)37(46)48-22(5)47-36(45)33(39)20(2)3/h6,9-14,16-17,20,22,24,33,38,42H,1,7-8,15,18-19,39H2,2-5H3,(H,40,44)/t22?,33-/m0/s1.